The molecule has 4 rings (SSSR count). The highest BCUT2D eigenvalue weighted by atomic mass is 19.1. The van der Waals surface area contributed by atoms with Crippen LogP contribution in [0.15, 0.2) is 18.2 Å². The van der Waals surface area contributed by atoms with Crippen molar-refractivity contribution in [1.82, 2.24) is 20.1 Å². The smallest absolute Gasteiger partial charge is 0.267 e. The standard InChI is InChI=1S/C24H33FN4O2/c1-4-18-14-28(10-11-29(18)16(3)30)19-7-5-6-17(12-19)26-24(31)22-13-20-21(25)9-8-15(2)23(20)27-22/h8-9,13,17-19,27H,4-7,10-12,14H2,1-3H3,(H,26,31)/t17-,18-,19-/m1/s1. The molecule has 7 heteroatoms. The van der Waals surface area contributed by atoms with E-state index in [2.05, 4.69) is 22.1 Å². The summed E-state index contributed by atoms with van der Waals surface area (Å²) < 4.78 is 14.1. The summed E-state index contributed by atoms with van der Waals surface area (Å²) in [5, 5.41) is 3.63. The summed E-state index contributed by atoms with van der Waals surface area (Å²) in [5.74, 6) is -0.331. The van der Waals surface area contributed by atoms with Gasteiger partial charge in [0.2, 0.25) is 5.91 Å². The predicted molar refractivity (Wildman–Crippen MR) is 120 cm³/mol. The van der Waals surface area contributed by atoms with Crippen LogP contribution in [0.25, 0.3) is 10.9 Å². The van der Waals surface area contributed by atoms with Crippen molar-refractivity contribution >= 4 is 22.7 Å². The van der Waals surface area contributed by atoms with Crippen LogP contribution < -0.4 is 5.32 Å². The van der Waals surface area contributed by atoms with Crippen LogP contribution in [0.3, 0.4) is 0 Å². The van der Waals surface area contributed by atoms with Gasteiger partial charge in [-0.25, -0.2) is 4.39 Å². The van der Waals surface area contributed by atoms with Crippen LogP contribution in [-0.2, 0) is 4.79 Å². The summed E-state index contributed by atoms with van der Waals surface area (Å²) in [6.07, 6.45) is 5.02. The van der Waals surface area contributed by atoms with E-state index < -0.39 is 0 Å². The maximum Gasteiger partial charge on any atom is 0.267 e. The number of nitrogens with one attached hydrogen (secondary N) is 2. The fraction of sp³-hybridized carbons (Fsp3) is 0.583. The second kappa shape index (κ2) is 8.99. The van der Waals surface area contributed by atoms with Gasteiger partial charge < -0.3 is 15.2 Å². The van der Waals surface area contributed by atoms with Crippen LogP contribution in [-0.4, -0.2) is 64.4 Å². The first-order valence-electron chi connectivity index (χ1n) is 11.5. The Hall–Kier alpha value is -2.41. The highest BCUT2D eigenvalue weighted by Crippen LogP contribution is 2.27. The van der Waals surface area contributed by atoms with Crippen LogP contribution in [0, 0.1) is 12.7 Å². The van der Waals surface area contributed by atoms with Crippen LogP contribution >= 0.6 is 0 Å². The first-order valence-corrected chi connectivity index (χ1v) is 11.5. The van der Waals surface area contributed by atoms with Crippen LogP contribution in [0.5, 0.6) is 0 Å². The van der Waals surface area contributed by atoms with Crippen molar-refractivity contribution in [3.05, 3.63) is 35.3 Å². The second-order valence-electron chi connectivity index (χ2n) is 9.10. The maximum atomic E-state index is 14.1. The van der Waals surface area contributed by atoms with Gasteiger partial charge in [-0.05, 0) is 56.7 Å². The molecule has 2 aromatic rings. The lowest BCUT2D eigenvalue weighted by Gasteiger charge is -2.46. The molecule has 1 aliphatic carbocycles. The Bertz CT molecular complexity index is 933. The van der Waals surface area contributed by atoms with E-state index in [0.29, 0.717) is 22.6 Å². The number of aromatic amines is 1. The Morgan fingerprint density at radius 1 is 1.26 bits per heavy atom. The van der Waals surface area contributed by atoms with E-state index in [1.165, 1.54) is 6.07 Å². The second-order valence-corrected chi connectivity index (χ2v) is 9.10. The van der Waals surface area contributed by atoms with Gasteiger partial charge >= 0.3 is 0 Å². The number of hydrogen-bond acceptors (Lipinski definition) is 3. The fourth-order valence-corrected chi connectivity index (χ4v) is 5.31. The third-order valence-corrected chi connectivity index (χ3v) is 7.08. The number of halogens is 1. The van der Waals surface area contributed by atoms with E-state index in [1.807, 2.05) is 11.8 Å². The molecule has 0 spiro atoms. The zero-order valence-corrected chi connectivity index (χ0v) is 18.7. The highest BCUT2D eigenvalue weighted by Gasteiger charge is 2.34. The topological polar surface area (TPSA) is 68.4 Å². The van der Waals surface area contributed by atoms with Gasteiger partial charge in [-0.2, -0.15) is 0 Å². The molecular weight excluding hydrogens is 395 g/mol. The summed E-state index contributed by atoms with van der Waals surface area (Å²) in [7, 11) is 0. The molecule has 0 bridgehead atoms. The van der Waals surface area contributed by atoms with Gasteiger partial charge in [0.25, 0.3) is 5.91 Å². The molecule has 1 aromatic heterocycles. The molecular formula is C24H33FN4O2. The van der Waals surface area contributed by atoms with E-state index in [0.717, 1.165) is 57.3 Å². The molecule has 2 aliphatic rings. The summed E-state index contributed by atoms with van der Waals surface area (Å²) in [6.45, 7) is 8.27. The number of nitrogens with zero attached hydrogens (tertiary/aromatic N) is 2. The van der Waals surface area contributed by atoms with Gasteiger partial charge in [-0.15, -0.1) is 0 Å². The Morgan fingerprint density at radius 2 is 2.06 bits per heavy atom. The molecule has 1 aliphatic heterocycles. The monoisotopic (exact) mass is 428 g/mol. The third kappa shape index (κ3) is 4.47. The first-order chi connectivity index (χ1) is 14.9. The summed E-state index contributed by atoms with van der Waals surface area (Å²) in [5.41, 5.74) is 2.01. The number of piperazine rings is 1. The number of carbonyl (C=O) groups excluding carboxylic acids is 2. The fourth-order valence-electron chi connectivity index (χ4n) is 5.31. The Kier molecular flexibility index (Phi) is 6.32. The van der Waals surface area contributed by atoms with Gasteiger partial charge in [0.05, 0.1) is 5.52 Å². The minimum absolute atomic E-state index is 0.106. The lowest BCUT2D eigenvalue weighted by molar-refractivity contribution is -0.134. The molecule has 3 atom stereocenters. The van der Waals surface area contributed by atoms with E-state index in [-0.39, 0.29) is 29.7 Å². The van der Waals surface area contributed by atoms with Crippen LogP contribution in [0.2, 0.25) is 0 Å². The number of H-pyrrole nitrogens is 1. The molecule has 2 fully saturated rings. The Morgan fingerprint density at radius 3 is 2.77 bits per heavy atom. The Balaban J connectivity index is 1.40. The van der Waals surface area contributed by atoms with Gasteiger partial charge in [-0.3, -0.25) is 14.5 Å². The van der Waals surface area contributed by atoms with E-state index in [4.69, 9.17) is 0 Å². The number of amides is 2. The number of aryl methyl sites for hydroxylation is 1. The predicted octanol–water partition coefficient (Wildman–Crippen LogP) is 3.60. The van der Waals surface area contributed by atoms with Gasteiger partial charge in [-0.1, -0.05) is 13.0 Å². The zero-order valence-electron chi connectivity index (χ0n) is 18.7. The average Bonchev–Trinajstić information content (AvgIpc) is 3.23. The molecule has 2 N–H and O–H groups in total. The van der Waals surface area contributed by atoms with Crippen molar-refractivity contribution in [3.63, 3.8) is 0 Å². The third-order valence-electron chi connectivity index (χ3n) is 7.08. The molecule has 0 unspecified atom stereocenters. The number of fused-ring (bicyclic) bond motifs is 1. The first kappa shape index (κ1) is 21.8. The highest BCUT2D eigenvalue weighted by molar-refractivity contribution is 5.99. The summed E-state index contributed by atoms with van der Waals surface area (Å²) in [4.78, 5) is 32.4. The molecule has 6 nitrogen and oxygen atoms in total. The van der Waals surface area contributed by atoms with E-state index in [9.17, 15) is 14.0 Å². The summed E-state index contributed by atoms with van der Waals surface area (Å²) >= 11 is 0. The number of hydrogen-bond donors (Lipinski definition) is 2. The minimum Gasteiger partial charge on any atom is -0.350 e. The van der Waals surface area contributed by atoms with Crippen molar-refractivity contribution in [2.45, 2.75) is 71.0 Å². The summed E-state index contributed by atoms with van der Waals surface area (Å²) in [6, 6.07) is 5.57. The maximum absolute atomic E-state index is 14.1. The largest absolute Gasteiger partial charge is 0.350 e. The van der Waals surface area contributed by atoms with Crippen molar-refractivity contribution in [3.8, 4) is 0 Å². The molecule has 168 valence electrons. The van der Waals surface area contributed by atoms with Crippen molar-refractivity contribution < 1.29 is 14.0 Å². The minimum atomic E-state index is -0.316. The molecule has 2 heterocycles. The number of rotatable bonds is 4. The van der Waals surface area contributed by atoms with Crippen molar-refractivity contribution in [1.29, 1.82) is 0 Å². The van der Waals surface area contributed by atoms with Crippen molar-refractivity contribution in [2.24, 2.45) is 0 Å². The number of benzene rings is 1. The zero-order chi connectivity index (χ0) is 22.1. The molecule has 1 saturated heterocycles. The normalized spacial score (nSPS) is 25.0. The lowest BCUT2D eigenvalue weighted by atomic mass is 9.89. The quantitative estimate of drug-likeness (QED) is 0.782. The average molecular weight is 429 g/mol. The molecule has 31 heavy (non-hydrogen) atoms. The van der Waals surface area contributed by atoms with E-state index >= 15 is 0 Å². The van der Waals surface area contributed by atoms with Crippen LogP contribution in [0.1, 0.15) is 62.0 Å². The molecule has 0 radical (unpaired) electrons. The van der Waals surface area contributed by atoms with Gasteiger partial charge in [0, 0.05) is 50.1 Å². The molecule has 1 saturated carbocycles. The SMILES string of the molecule is CC[C@@H]1CN([C@@H]2CCC[C@@H](NC(=O)c3cc4c(F)ccc(C)c4[nH]3)C2)CCN1C(C)=O. The number of aromatic nitrogens is 1. The van der Waals surface area contributed by atoms with E-state index in [1.54, 1.807) is 19.1 Å². The van der Waals surface area contributed by atoms with Crippen molar-refractivity contribution in [2.75, 3.05) is 19.6 Å². The van der Waals surface area contributed by atoms with Gasteiger partial charge in [0.1, 0.15) is 11.5 Å². The lowest BCUT2D eigenvalue weighted by Crippen LogP contribution is -2.58. The van der Waals surface area contributed by atoms with Crippen LogP contribution in [0.4, 0.5) is 4.39 Å². The number of carbonyl (C=O) groups is 2. The molecule has 1 aromatic carbocycles. The Labute approximate surface area is 183 Å². The molecule has 2 amide bonds. The van der Waals surface area contributed by atoms with Gasteiger partial charge in [0.15, 0.2) is 0 Å².